The first-order chi connectivity index (χ1) is 5.02. The van der Waals surface area contributed by atoms with Crippen molar-refractivity contribution in [2.75, 3.05) is 0 Å². The molecule has 0 heterocycles. The molecule has 0 aromatic rings. The van der Waals surface area contributed by atoms with Gasteiger partial charge in [-0.2, -0.15) is 0 Å². The predicted molar refractivity (Wildman–Crippen MR) is 50.3 cm³/mol. The summed E-state index contributed by atoms with van der Waals surface area (Å²) in [6.45, 7) is 10.6. The van der Waals surface area contributed by atoms with Gasteiger partial charge in [0.25, 0.3) is 0 Å². The average Bonchev–Trinajstić information content (AvgIpc) is 1.82. The molecule has 0 amide bonds. The zero-order valence-corrected chi connectivity index (χ0v) is 8.23. The molecule has 0 aliphatic carbocycles. The maximum Gasteiger partial charge on any atom is 0.0236 e. The molecule has 11 heavy (non-hydrogen) atoms. The van der Waals surface area contributed by atoms with Crippen LogP contribution in [0.1, 0.15) is 34.6 Å². The Bertz CT molecular complexity index is 126. The monoisotopic (exact) mass is 156 g/mol. The Hall–Kier alpha value is -0.660. The molecule has 2 heteroatoms. The van der Waals surface area contributed by atoms with Gasteiger partial charge in [-0.1, -0.05) is 0 Å². The van der Waals surface area contributed by atoms with Crippen molar-refractivity contribution >= 4 is 0 Å². The lowest BCUT2D eigenvalue weighted by Gasteiger charge is -2.11. The maximum absolute atomic E-state index is 3.30. The molecule has 2 N–H and O–H groups in total. The Labute approximate surface area is 70.1 Å². The quantitative estimate of drug-likeness (QED) is 0.649. The second kappa shape index (κ2) is 5.05. The molecule has 0 unspecified atom stereocenters. The minimum Gasteiger partial charge on any atom is -0.387 e. The van der Waals surface area contributed by atoms with Crippen LogP contribution in [0.5, 0.6) is 0 Å². The van der Waals surface area contributed by atoms with Crippen LogP contribution in [-0.2, 0) is 0 Å². The fourth-order valence-electron chi connectivity index (χ4n) is 0.789. The standard InChI is InChI=1S/C9H20N2/c1-7(2)10-6-9(5)11-8(3)4/h6-8,10-11H,1-5H3. The van der Waals surface area contributed by atoms with Crippen LogP contribution in [0.25, 0.3) is 0 Å². The first kappa shape index (κ1) is 10.3. The summed E-state index contributed by atoms with van der Waals surface area (Å²) in [7, 11) is 0. The van der Waals surface area contributed by atoms with E-state index in [9.17, 15) is 0 Å². The highest BCUT2D eigenvalue weighted by atomic mass is 14.9. The van der Waals surface area contributed by atoms with Gasteiger partial charge < -0.3 is 10.6 Å². The van der Waals surface area contributed by atoms with Crippen LogP contribution in [0.15, 0.2) is 11.9 Å². The van der Waals surface area contributed by atoms with Crippen molar-refractivity contribution in [3.05, 3.63) is 11.9 Å². The van der Waals surface area contributed by atoms with Crippen LogP contribution in [-0.4, -0.2) is 12.1 Å². The van der Waals surface area contributed by atoms with E-state index in [-0.39, 0.29) is 0 Å². The molecule has 0 aromatic heterocycles. The van der Waals surface area contributed by atoms with Crippen molar-refractivity contribution in [1.29, 1.82) is 0 Å². The molecule has 0 aliphatic heterocycles. The Morgan fingerprint density at radius 3 is 2.00 bits per heavy atom. The minimum absolute atomic E-state index is 0.513. The van der Waals surface area contributed by atoms with Crippen molar-refractivity contribution in [3.8, 4) is 0 Å². The summed E-state index contributed by atoms with van der Waals surface area (Å²) in [6.07, 6.45) is 2.02. The zero-order valence-electron chi connectivity index (χ0n) is 8.23. The van der Waals surface area contributed by atoms with E-state index < -0.39 is 0 Å². The van der Waals surface area contributed by atoms with Crippen LogP contribution in [0.2, 0.25) is 0 Å². The normalized spacial score (nSPS) is 12.5. The average molecular weight is 156 g/mol. The third kappa shape index (κ3) is 7.23. The highest BCUT2D eigenvalue weighted by Crippen LogP contribution is 1.88. The van der Waals surface area contributed by atoms with Gasteiger partial charge in [-0.15, -0.1) is 0 Å². The summed E-state index contributed by atoms with van der Waals surface area (Å²) in [4.78, 5) is 0. The predicted octanol–water partition coefficient (Wildman–Crippen LogP) is 1.84. The Kier molecular flexibility index (Phi) is 4.75. The maximum atomic E-state index is 3.30. The molecule has 0 fully saturated rings. The van der Waals surface area contributed by atoms with E-state index in [1.165, 1.54) is 5.70 Å². The highest BCUT2D eigenvalue weighted by molar-refractivity contribution is 4.95. The molecule has 0 atom stereocenters. The van der Waals surface area contributed by atoms with Gasteiger partial charge in [0, 0.05) is 24.0 Å². The van der Waals surface area contributed by atoms with Crippen molar-refractivity contribution in [2.24, 2.45) is 0 Å². The van der Waals surface area contributed by atoms with Crippen LogP contribution in [0.3, 0.4) is 0 Å². The largest absolute Gasteiger partial charge is 0.387 e. The fourth-order valence-corrected chi connectivity index (χ4v) is 0.789. The van der Waals surface area contributed by atoms with Crippen molar-refractivity contribution in [2.45, 2.75) is 46.7 Å². The molecule has 0 saturated carbocycles. The minimum atomic E-state index is 0.513. The Morgan fingerprint density at radius 1 is 1.09 bits per heavy atom. The van der Waals surface area contributed by atoms with Gasteiger partial charge >= 0.3 is 0 Å². The van der Waals surface area contributed by atoms with E-state index in [0.717, 1.165) is 0 Å². The molecule has 2 nitrogen and oxygen atoms in total. The van der Waals surface area contributed by atoms with Crippen LogP contribution < -0.4 is 10.6 Å². The number of allylic oxidation sites excluding steroid dienone is 1. The lowest BCUT2D eigenvalue weighted by Crippen LogP contribution is -2.24. The lowest BCUT2D eigenvalue weighted by molar-refractivity contribution is 0.644. The summed E-state index contributed by atoms with van der Waals surface area (Å²) in [5.74, 6) is 0. The summed E-state index contributed by atoms with van der Waals surface area (Å²) >= 11 is 0. The molecule has 0 rings (SSSR count). The second-order valence-electron chi connectivity index (χ2n) is 3.45. The van der Waals surface area contributed by atoms with Crippen LogP contribution in [0, 0.1) is 0 Å². The summed E-state index contributed by atoms with van der Waals surface area (Å²) in [6, 6.07) is 1.03. The first-order valence-corrected chi connectivity index (χ1v) is 4.21. The molecule has 0 radical (unpaired) electrons. The Morgan fingerprint density at radius 2 is 1.64 bits per heavy atom. The van der Waals surface area contributed by atoms with Gasteiger partial charge in [0.2, 0.25) is 0 Å². The van der Waals surface area contributed by atoms with Crippen molar-refractivity contribution < 1.29 is 0 Å². The summed E-state index contributed by atoms with van der Waals surface area (Å²) < 4.78 is 0. The van der Waals surface area contributed by atoms with Crippen molar-refractivity contribution in [1.82, 2.24) is 10.6 Å². The van der Waals surface area contributed by atoms with Crippen molar-refractivity contribution in [3.63, 3.8) is 0 Å². The van der Waals surface area contributed by atoms with Crippen LogP contribution in [0.4, 0.5) is 0 Å². The number of hydrogen-bond donors (Lipinski definition) is 2. The lowest BCUT2D eigenvalue weighted by atomic mass is 10.3. The SMILES string of the molecule is CC(=CNC(C)C)NC(C)C. The topological polar surface area (TPSA) is 24.1 Å². The fraction of sp³-hybridized carbons (Fsp3) is 0.778. The molecular formula is C9H20N2. The van der Waals surface area contributed by atoms with E-state index in [1.54, 1.807) is 0 Å². The van der Waals surface area contributed by atoms with Gasteiger partial charge in [0.1, 0.15) is 0 Å². The molecule has 0 aliphatic rings. The van der Waals surface area contributed by atoms with E-state index in [4.69, 9.17) is 0 Å². The third-order valence-corrected chi connectivity index (χ3v) is 1.15. The Balaban J connectivity index is 3.63. The van der Waals surface area contributed by atoms with Crippen LogP contribution >= 0.6 is 0 Å². The smallest absolute Gasteiger partial charge is 0.0236 e. The highest BCUT2D eigenvalue weighted by Gasteiger charge is 1.92. The van der Waals surface area contributed by atoms with Gasteiger partial charge in [-0.25, -0.2) is 0 Å². The zero-order chi connectivity index (χ0) is 8.85. The molecule has 0 bridgehead atoms. The molecular weight excluding hydrogens is 136 g/mol. The van der Waals surface area contributed by atoms with E-state index in [1.807, 2.05) is 6.20 Å². The second-order valence-corrected chi connectivity index (χ2v) is 3.45. The summed E-state index contributed by atoms with van der Waals surface area (Å²) in [5, 5.41) is 6.52. The van der Waals surface area contributed by atoms with E-state index in [0.29, 0.717) is 12.1 Å². The van der Waals surface area contributed by atoms with E-state index in [2.05, 4.69) is 45.3 Å². The van der Waals surface area contributed by atoms with Gasteiger partial charge in [-0.3, -0.25) is 0 Å². The molecule has 0 saturated heterocycles. The first-order valence-electron chi connectivity index (χ1n) is 4.21. The van der Waals surface area contributed by atoms with E-state index >= 15 is 0 Å². The van der Waals surface area contributed by atoms with Gasteiger partial charge in [0.05, 0.1) is 0 Å². The van der Waals surface area contributed by atoms with Gasteiger partial charge in [-0.05, 0) is 34.6 Å². The number of hydrogen-bond acceptors (Lipinski definition) is 2. The molecule has 66 valence electrons. The number of rotatable bonds is 4. The summed E-state index contributed by atoms with van der Waals surface area (Å²) in [5.41, 5.74) is 1.19. The molecule has 0 spiro atoms. The number of nitrogens with one attached hydrogen (secondary N) is 2. The van der Waals surface area contributed by atoms with Gasteiger partial charge in [0.15, 0.2) is 0 Å². The third-order valence-electron chi connectivity index (χ3n) is 1.15. The molecule has 0 aromatic carbocycles.